The van der Waals surface area contributed by atoms with E-state index < -0.39 is 0 Å². The zero-order valence-electron chi connectivity index (χ0n) is 7.31. The van der Waals surface area contributed by atoms with Gasteiger partial charge in [-0.2, -0.15) is 0 Å². The zero-order valence-corrected chi connectivity index (χ0v) is 8.31. The van der Waals surface area contributed by atoms with Crippen LogP contribution in [0.15, 0.2) is 0 Å². The second-order valence-electron chi connectivity index (χ2n) is 2.77. The molecule has 0 aliphatic heterocycles. The number of hydrogen-bond acceptors (Lipinski definition) is 1. The van der Waals surface area contributed by atoms with E-state index in [0.717, 1.165) is 8.81 Å². The quantitative estimate of drug-likeness (QED) is 0.430. The second-order valence-corrected chi connectivity index (χ2v) is 3.79. The first-order valence-electron chi connectivity index (χ1n) is 4.16. The van der Waals surface area contributed by atoms with Gasteiger partial charge < -0.3 is 4.52 Å². The molecule has 0 rings (SSSR count). The van der Waals surface area contributed by atoms with Crippen LogP contribution in [0.3, 0.4) is 0 Å². The molecule has 0 aromatic carbocycles. The minimum Gasteiger partial charge on any atom is -0.360 e. The molecule has 0 N–H and O–H groups in total. The largest absolute Gasteiger partial charge is 0.360 e. The molecule has 1 nitrogen and oxygen atoms in total. The van der Waals surface area contributed by atoms with E-state index in [4.69, 9.17) is 4.52 Å². The van der Waals surface area contributed by atoms with Gasteiger partial charge in [0.2, 0.25) is 0 Å². The molecular weight excluding hydrogens is 143 g/mol. The van der Waals surface area contributed by atoms with Crippen LogP contribution in [0.5, 0.6) is 0 Å². The Balaban J connectivity index is 2.77. The van der Waals surface area contributed by atoms with E-state index in [1.54, 1.807) is 0 Å². The summed E-state index contributed by atoms with van der Waals surface area (Å²) in [7, 11) is 0.722. The molecule has 10 heavy (non-hydrogen) atoms. The van der Waals surface area contributed by atoms with Gasteiger partial charge in [0, 0.05) is 8.81 Å². The number of unbranched alkanes of at least 4 members (excludes halogenated alkanes) is 2. The summed E-state index contributed by atoms with van der Waals surface area (Å²) in [4.78, 5) is 0. The van der Waals surface area contributed by atoms with Crippen LogP contribution in [0.2, 0.25) is 0 Å². The molecule has 0 aromatic rings. The highest BCUT2D eigenvalue weighted by atomic mass is 31.1. The average Bonchev–Trinajstić information content (AvgIpc) is 1.87. The van der Waals surface area contributed by atoms with Crippen molar-refractivity contribution in [2.75, 3.05) is 6.16 Å². The summed E-state index contributed by atoms with van der Waals surface area (Å²) >= 11 is 0. The minimum atomic E-state index is 0.417. The Morgan fingerprint density at radius 2 is 2.00 bits per heavy atom. The molecule has 0 heterocycles. The topological polar surface area (TPSA) is 9.23 Å². The van der Waals surface area contributed by atoms with Crippen molar-refractivity contribution in [2.24, 2.45) is 0 Å². The van der Waals surface area contributed by atoms with Gasteiger partial charge in [-0.1, -0.05) is 19.8 Å². The highest BCUT2D eigenvalue weighted by Crippen LogP contribution is 2.16. The second kappa shape index (κ2) is 7.50. The van der Waals surface area contributed by atoms with Gasteiger partial charge in [-0.3, -0.25) is 0 Å². The normalized spacial score (nSPS) is 12.0. The van der Waals surface area contributed by atoms with Crippen molar-refractivity contribution in [3.05, 3.63) is 0 Å². The lowest BCUT2D eigenvalue weighted by Gasteiger charge is -2.05. The third-order valence-corrected chi connectivity index (χ3v) is 2.40. The van der Waals surface area contributed by atoms with Crippen LogP contribution >= 0.6 is 8.81 Å². The number of rotatable bonds is 6. The molecule has 0 amide bonds. The molecule has 0 fully saturated rings. The lowest BCUT2D eigenvalue weighted by atomic mass is 10.3. The van der Waals surface area contributed by atoms with E-state index >= 15 is 0 Å². The van der Waals surface area contributed by atoms with Crippen LogP contribution in [-0.2, 0) is 4.52 Å². The summed E-state index contributed by atoms with van der Waals surface area (Å²) in [6.45, 7) is 6.41. The Kier molecular flexibility index (Phi) is 7.79. The Morgan fingerprint density at radius 3 is 2.50 bits per heavy atom. The molecule has 62 valence electrons. The first-order valence-corrected chi connectivity index (χ1v) is 5.27. The molecule has 0 bridgehead atoms. The van der Waals surface area contributed by atoms with Crippen molar-refractivity contribution >= 4 is 8.81 Å². The van der Waals surface area contributed by atoms with E-state index in [2.05, 4.69) is 20.8 Å². The molecule has 0 aliphatic carbocycles. The summed E-state index contributed by atoms with van der Waals surface area (Å²) in [6.07, 6.45) is 5.67. The standard InChI is InChI=1S/C8H19OP/c1-4-5-6-7-10-9-8(2)3/h8,10H,4-7H2,1-3H3. The summed E-state index contributed by atoms with van der Waals surface area (Å²) in [5.41, 5.74) is 0. The fourth-order valence-electron chi connectivity index (χ4n) is 0.673. The van der Waals surface area contributed by atoms with Gasteiger partial charge in [0.05, 0.1) is 6.10 Å². The Morgan fingerprint density at radius 1 is 1.30 bits per heavy atom. The van der Waals surface area contributed by atoms with Gasteiger partial charge in [0.15, 0.2) is 0 Å². The molecule has 0 aliphatic rings. The molecule has 0 spiro atoms. The Labute approximate surface area is 66.4 Å². The van der Waals surface area contributed by atoms with E-state index in [1.165, 1.54) is 25.4 Å². The lowest BCUT2D eigenvalue weighted by molar-refractivity contribution is 0.279. The fourth-order valence-corrected chi connectivity index (χ4v) is 1.52. The maximum Gasteiger partial charge on any atom is 0.0558 e. The van der Waals surface area contributed by atoms with Crippen LogP contribution in [0.25, 0.3) is 0 Å². The predicted molar refractivity (Wildman–Crippen MR) is 48.9 cm³/mol. The van der Waals surface area contributed by atoms with Crippen LogP contribution < -0.4 is 0 Å². The Hall–Kier alpha value is 0.390. The summed E-state index contributed by atoms with van der Waals surface area (Å²) < 4.78 is 5.42. The maximum absolute atomic E-state index is 5.42. The molecule has 0 saturated carbocycles. The van der Waals surface area contributed by atoms with E-state index in [0.29, 0.717) is 6.10 Å². The van der Waals surface area contributed by atoms with Gasteiger partial charge in [0.1, 0.15) is 0 Å². The third kappa shape index (κ3) is 8.39. The zero-order chi connectivity index (χ0) is 7.82. The van der Waals surface area contributed by atoms with Crippen molar-refractivity contribution in [1.29, 1.82) is 0 Å². The average molecular weight is 162 g/mol. The molecule has 1 unspecified atom stereocenters. The molecular formula is C8H19OP. The number of hydrogen-bond donors (Lipinski definition) is 0. The van der Waals surface area contributed by atoms with Crippen molar-refractivity contribution in [1.82, 2.24) is 0 Å². The fraction of sp³-hybridized carbons (Fsp3) is 1.00. The first-order chi connectivity index (χ1) is 4.77. The van der Waals surface area contributed by atoms with Crippen LogP contribution in [0.4, 0.5) is 0 Å². The Bertz CT molecular complexity index is 64.3. The van der Waals surface area contributed by atoms with E-state index in [9.17, 15) is 0 Å². The third-order valence-electron chi connectivity index (χ3n) is 1.20. The lowest BCUT2D eigenvalue weighted by Crippen LogP contribution is -1.93. The molecule has 0 saturated heterocycles. The highest BCUT2D eigenvalue weighted by Gasteiger charge is 1.91. The van der Waals surface area contributed by atoms with E-state index in [-0.39, 0.29) is 0 Å². The van der Waals surface area contributed by atoms with Crippen molar-refractivity contribution in [3.63, 3.8) is 0 Å². The van der Waals surface area contributed by atoms with Gasteiger partial charge >= 0.3 is 0 Å². The monoisotopic (exact) mass is 162 g/mol. The summed E-state index contributed by atoms with van der Waals surface area (Å²) in [5.74, 6) is 0. The highest BCUT2D eigenvalue weighted by molar-refractivity contribution is 7.32. The molecule has 1 atom stereocenters. The van der Waals surface area contributed by atoms with Gasteiger partial charge in [-0.15, -0.1) is 0 Å². The summed E-state index contributed by atoms with van der Waals surface area (Å²) in [6, 6.07) is 0. The van der Waals surface area contributed by atoms with Crippen molar-refractivity contribution in [2.45, 2.75) is 46.1 Å². The van der Waals surface area contributed by atoms with Crippen LogP contribution in [0.1, 0.15) is 40.0 Å². The van der Waals surface area contributed by atoms with Crippen molar-refractivity contribution < 1.29 is 4.52 Å². The minimum absolute atomic E-state index is 0.417. The maximum atomic E-state index is 5.42. The van der Waals surface area contributed by atoms with Crippen LogP contribution in [-0.4, -0.2) is 12.3 Å². The van der Waals surface area contributed by atoms with Gasteiger partial charge in [0.25, 0.3) is 0 Å². The van der Waals surface area contributed by atoms with E-state index in [1.807, 2.05) is 0 Å². The van der Waals surface area contributed by atoms with Crippen molar-refractivity contribution in [3.8, 4) is 0 Å². The molecule has 2 heteroatoms. The van der Waals surface area contributed by atoms with Gasteiger partial charge in [-0.05, 0) is 26.4 Å². The molecule has 0 radical (unpaired) electrons. The SMILES string of the molecule is CCCCCPOC(C)C. The summed E-state index contributed by atoms with van der Waals surface area (Å²) in [5, 5.41) is 0. The first kappa shape index (κ1) is 10.4. The smallest absolute Gasteiger partial charge is 0.0558 e. The van der Waals surface area contributed by atoms with Crippen LogP contribution in [0, 0.1) is 0 Å². The molecule has 0 aromatic heterocycles. The van der Waals surface area contributed by atoms with Gasteiger partial charge in [-0.25, -0.2) is 0 Å². The predicted octanol–water partition coefficient (Wildman–Crippen LogP) is 3.20.